The second-order valence-corrected chi connectivity index (χ2v) is 8.70. The van der Waals surface area contributed by atoms with Crippen LogP contribution in [0.5, 0.6) is 23.0 Å². The fourth-order valence-corrected chi connectivity index (χ4v) is 3.87. The summed E-state index contributed by atoms with van der Waals surface area (Å²) in [5, 5.41) is 0. The number of ether oxygens (including phenoxy) is 4. The van der Waals surface area contributed by atoms with Gasteiger partial charge in [0.05, 0.1) is 24.6 Å². The molecule has 0 aliphatic rings. The summed E-state index contributed by atoms with van der Waals surface area (Å²) < 4.78 is 22.7. The molecule has 4 aromatic rings. The zero-order valence-corrected chi connectivity index (χ0v) is 23.1. The van der Waals surface area contributed by atoms with Gasteiger partial charge < -0.3 is 18.9 Å². The molecule has 0 saturated heterocycles. The first-order valence-electron chi connectivity index (χ1n) is 13.1. The average molecular weight is 537 g/mol. The van der Waals surface area contributed by atoms with Gasteiger partial charge >= 0.3 is 0 Å². The molecule has 4 rings (SSSR count). The van der Waals surface area contributed by atoms with Gasteiger partial charge in [-0.05, 0) is 86.6 Å². The first-order valence-corrected chi connectivity index (χ1v) is 13.1. The maximum atomic E-state index is 13.1. The first-order chi connectivity index (χ1) is 19.4. The van der Waals surface area contributed by atoms with Crippen LogP contribution in [0.4, 0.5) is 11.4 Å². The van der Waals surface area contributed by atoms with Crippen LogP contribution in [0.2, 0.25) is 0 Å². The maximum absolute atomic E-state index is 13.1. The lowest BCUT2D eigenvalue weighted by Crippen LogP contribution is -2.01. The van der Waals surface area contributed by atoms with E-state index >= 15 is 0 Å². The van der Waals surface area contributed by atoms with E-state index in [0.717, 1.165) is 11.4 Å². The van der Waals surface area contributed by atoms with E-state index in [4.69, 9.17) is 18.9 Å². The van der Waals surface area contributed by atoms with E-state index in [-0.39, 0.29) is 5.78 Å². The van der Waals surface area contributed by atoms with Crippen molar-refractivity contribution in [3.05, 3.63) is 108 Å². The molecule has 0 N–H and O–H groups in total. The van der Waals surface area contributed by atoms with Crippen molar-refractivity contribution >= 4 is 29.0 Å². The Morgan fingerprint density at radius 3 is 1.35 bits per heavy atom. The lowest BCUT2D eigenvalue weighted by Gasteiger charge is -2.09. The molecule has 204 valence electrons. The molecule has 0 aliphatic heterocycles. The van der Waals surface area contributed by atoms with Crippen LogP contribution in [0.15, 0.2) is 107 Å². The molecule has 0 aliphatic carbocycles. The van der Waals surface area contributed by atoms with Gasteiger partial charge in [-0.2, -0.15) is 0 Å². The van der Waals surface area contributed by atoms with Crippen LogP contribution in [-0.4, -0.2) is 30.8 Å². The van der Waals surface area contributed by atoms with Crippen LogP contribution in [0.3, 0.4) is 0 Å². The lowest BCUT2D eigenvalue weighted by atomic mass is 10.0. The largest absolute Gasteiger partial charge is 0.481 e. The van der Waals surface area contributed by atoms with Crippen LogP contribution in [-0.2, 0) is 9.47 Å². The summed E-state index contributed by atoms with van der Waals surface area (Å²) in [5.74, 6) is 3.60. The normalized spacial score (nSPS) is 11.6. The third kappa shape index (κ3) is 8.04. The molecule has 0 fully saturated rings. The molecule has 0 heterocycles. The van der Waals surface area contributed by atoms with E-state index in [1.165, 1.54) is 0 Å². The summed E-state index contributed by atoms with van der Waals surface area (Å²) in [5.41, 5.74) is 2.59. The van der Waals surface area contributed by atoms with Crippen molar-refractivity contribution in [1.29, 1.82) is 0 Å². The van der Waals surface area contributed by atoms with Crippen LogP contribution in [0, 0.1) is 0 Å². The number of hydrogen-bond acceptors (Lipinski definition) is 7. The highest BCUT2D eigenvalue weighted by molar-refractivity contribution is 6.09. The maximum Gasteiger partial charge on any atom is 0.193 e. The van der Waals surface area contributed by atoms with E-state index in [0.29, 0.717) is 59.1 Å². The molecule has 0 aromatic heterocycles. The van der Waals surface area contributed by atoms with E-state index < -0.39 is 0 Å². The minimum absolute atomic E-state index is 0.0939. The Balaban J connectivity index is 1.38. The molecule has 0 saturated carbocycles. The summed E-state index contributed by atoms with van der Waals surface area (Å²) in [7, 11) is 0. The summed E-state index contributed by atoms with van der Waals surface area (Å²) in [6.45, 7) is 8.59. The van der Waals surface area contributed by atoms with Gasteiger partial charge in [0.2, 0.25) is 0 Å². The third-order valence-electron chi connectivity index (χ3n) is 5.62. The van der Waals surface area contributed by atoms with Crippen LogP contribution >= 0.6 is 0 Å². The number of carbonyl (C=O) groups excluding carboxylic acids is 1. The Kier molecular flexibility index (Phi) is 9.67. The van der Waals surface area contributed by atoms with E-state index in [2.05, 4.69) is 9.98 Å². The summed E-state index contributed by atoms with van der Waals surface area (Å²) >= 11 is 0. The molecule has 0 bridgehead atoms. The fraction of sp³-hybridized carbons (Fsp3) is 0.182. The van der Waals surface area contributed by atoms with Crippen LogP contribution in [0.25, 0.3) is 0 Å². The highest BCUT2D eigenvalue weighted by atomic mass is 16.5. The molecular weight excluding hydrogens is 504 g/mol. The summed E-state index contributed by atoms with van der Waals surface area (Å²) in [4.78, 5) is 21.9. The predicted molar refractivity (Wildman–Crippen MR) is 158 cm³/mol. The van der Waals surface area contributed by atoms with Crippen molar-refractivity contribution < 1.29 is 23.7 Å². The van der Waals surface area contributed by atoms with Crippen LogP contribution < -0.4 is 9.47 Å². The number of ketones is 1. The van der Waals surface area contributed by atoms with Gasteiger partial charge in [-0.15, -0.1) is 0 Å². The Bertz CT molecular complexity index is 1380. The smallest absolute Gasteiger partial charge is 0.193 e. The molecular formula is C33H32N2O5. The van der Waals surface area contributed by atoms with E-state index in [9.17, 15) is 4.79 Å². The van der Waals surface area contributed by atoms with Crippen molar-refractivity contribution in [2.45, 2.75) is 27.7 Å². The summed E-state index contributed by atoms with van der Waals surface area (Å²) in [6.07, 6.45) is 0. The number of benzene rings is 4. The molecule has 0 atom stereocenters. The van der Waals surface area contributed by atoms with Gasteiger partial charge in [-0.1, -0.05) is 12.1 Å². The highest BCUT2D eigenvalue weighted by Gasteiger charge is 2.10. The zero-order valence-electron chi connectivity index (χ0n) is 23.1. The molecule has 40 heavy (non-hydrogen) atoms. The van der Waals surface area contributed by atoms with Gasteiger partial charge in [-0.25, -0.2) is 9.98 Å². The van der Waals surface area contributed by atoms with Crippen LogP contribution in [0.1, 0.15) is 43.6 Å². The molecule has 0 amide bonds. The lowest BCUT2D eigenvalue weighted by molar-refractivity contribution is 0.103. The molecule has 7 heteroatoms. The number of nitrogens with zero attached hydrogens (tertiary/aromatic N) is 2. The average Bonchev–Trinajstić information content (AvgIpc) is 2.94. The SMILES string of the molecule is CCO/C(C)=N\c1cccc(Oc2ccc(C(=O)c3ccc(Oc4cccc(/N=C(/C)OCC)c4)cc3)cc2)c1. The minimum atomic E-state index is -0.0939. The number of rotatable bonds is 10. The monoisotopic (exact) mass is 536 g/mol. The first kappa shape index (κ1) is 28.1. The second kappa shape index (κ2) is 13.8. The quantitative estimate of drug-likeness (QED) is 0.115. The Labute approximate surface area is 234 Å². The van der Waals surface area contributed by atoms with Gasteiger partial charge in [0, 0.05) is 37.1 Å². The summed E-state index contributed by atoms with van der Waals surface area (Å²) in [6, 6.07) is 28.9. The standard InChI is InChI=1S/C33H32N2O5/c1-5-37-23(3)34-27-9-7-11-31(21-27)39-29-17-13-25(14-18-29)33(36)26-15-19-30(20-16-26)40-32-12-8-10-28(22-32)35-24(4)38-6-2/h7-22H,5-6H2,1-4H3/b34-23-,35-24-. The number of aliphatic imine (C=N–C) groups is 2. The third-order valence-corrected chi connectivity index (χ3v) is 5.62. The Hall–Kier alpha value is -4.91. The predicted octanol–water partition coefficient (Wildman–Crippen LogP) is 8.68. The van der Waals surface area contributed by atoms with Crippen molar-refractivity contribution in [1.82, 2.24) is 0 Å². The molecule has 0 spiro atoms. The highest BCUT2D eigenvalue weighted by Crippen LogP contribution is 2.28. The molecule has 0 unspecified atom stereocenters. The number of hydrogen-bond donors (Lipinski definition) is 0. The van der Waals surface area contributed by atoms with Gasteiger partial charge in [0.15, 0.2) is 17.6 Å². The molecule has 0 radical (unpaired) electrons. The van der Waals surface area contributed by atoms with Crippen molar-refractivity contribution in [2.24, 2.45) is 9.98 Å². The zero-order chi connectivity index (χ0) is 28.3. The Morgan fingerprint density at radius 2 is 0.975 bits per heavy atom. The van der Waals surface area contributed by atoms with Gasteiger partial charge in [0.25, 0.3) is 0 Å². The van der Waals surface area contributed by atoms with Crippen molar-refractivity contribution in [3.8, 4) is 23.0 Å². The van der Waals surface area contributed by atoms with E-state index in [1.807, 2.05) is 76.2 Å². The second-order valence-electron chi connectivity index (χ2n) is 8.70. The van der Waals surface area contributed by atoms with Crippen molar-refractivity contribution in [3.63, 3.8) is 0 Å². The van der Waals surface area contributed by atoms with Crippen molar-refractivity contribution in [2.75, 3.05) is 13.2 Å². The van der Waals surface area contributed by atoms with Gasteiger partial charge in [-0.3, -0.25) is 4.79 Å². The van der Waals surface area contributed by atoms with Gasteiger partial charge in [0.1, 0.15) is 23.0 Å². The topological polar surface area (TPSA) is 78.7 Å². The minimum Gasteiger partial charge on any atom is -0.481 e. The fourth-order valence-electron chi connectivity index (χ4n) is 3.87. The Morgan fingerprint density at radius 1 is 0.575 bits per heavy atom. The van der Waals surface area contributed by atoms with E-state index in [1.54, 1.807) is 48.5 Å². The molecule has 4 aromatic carbocycles. The number of carbonyl (C=O) groups is 1. The molecule has 7 nitrogen and oxygen atoms in total.